The third-order valence-corrected chi connectivity index (χ3v) is 5.69. The first kappa shape index (κ1) is 22.4. The van der Waals surface area contributed by atoms with Gasteiger partial charge in [0.1, 0.15) is 5.82 Å². The number of amides is 1. The summed E-state index contributed by atoms with van der Waals surface area (Å²) in [5.41, 5.74) is 1.50. The number of hydrogen-bond donors (Lipinski definition) is 1. The van der Waals surface area contributed by atoms with Crippen LogP contribution in [-0.4, -0.2) is 45.4 Å². The van der Waals surface area contributed by atoms with Crippen LogP contribution in [0.15, 0.2) is 72.1 Å². The van der Waals surface area contributed by atoms with Gasteiger partial charge in [0.25, 0.3) is 0 Å². The molecule has 0 aliphatic heterocycles. The molecule has 4 rings (SSSR count). The Morgan fingerprint density at radius 1 is 1.03 bits per heavy atom. The van der Waals surface area contributed by atoms with Crippen molar-refractivity contribution in [3.05, 3.63) is 84.2 Å². The molecule has 0 atom stereocenters. The standard InChI is InChI=1S/C23H22FN5O3S/c1-31-19-10-5-16(13-20(19)32-2)14-21-26-27-23(29(21)28-11-3-4-12-28)33-15-22(30)25-18-8-6-17(24)7-9-18/h3-13H,14-15H2,1-2H3,(H,25,30). The van der Waals surface area contributed by atoms with E-state index < -0.39 is 0 Å². The summed E-state index contributed by atoms with van der Waals surface area (Å²) >= 11 is 1.26. The van der Waals surface area contributed by atoms with Gasteiger partial charge in [-0.25, -0.2) is 9.07 Å². The lowest BCUT2D eigenvalue weighted by Crippen LogP contribution is -2.16. The van der Waals surface area contributed by atoms with Crippen LogP contribution in [0.1, 0.15) is 11.4 Å². The van der Waals surface area contributed by atoms with Gasteiger partial charge in [-0.15, -0.1) is 10.2 Å². The van der Waals surface area contributed by atoms with Crippen molar-refractivity contribution in [3.63, 3.8) is 0 Å². The molecule has 0 fully saturated rings. The van der Waals surface area contributed by atoms with Crippen LogP contribution in [0.3, 0.4) is 0 Å². The number of thioether (sulfide) groups is 1. The molecule has 4 aromatic rings. The number of carbonyl (C=O) groups is 1. The van der Waals surface area contributed by atoms with Gasteiger partial charge in [0, 0.05) is 24.5 Å². The highest BCUT2D eigenvalue weighted by molar-refractivity contribution is 7.99. The lowest BCUT2D eigenvalue weighted by molar-refractivity contribution is -0.113. The SMILES string of the molecule is COc1ccc(Cc2nnc(SCC(=O)Nc3ccc(F)cc3)n2-n2cccc2)cc1OC. The first-order valence-electron chi connectivity index (χ1n) is 10.0. The highest BCUT2D eigenvalue weighted by atomic mass is 32.2. The van der Waals surface area contributed by atoms with Crippen LogP contribution in [-0.2, 0) is 11.2 Å². The molecule has 0 spiro atoms. The van der Waals surface area contributed by atoms with E-state index in [1.165, 1.54) is 36.0 Å². The molecular weight excluding hydrogens is 445 g/mol. The van der Waals surface area contributed by atoms with E-state index in [0.29, 0.717) is 34.6 Å². The van der Waals surface area contributed by atoms with Crippen molar-refractivity contribution in [2.75, 3.05) is 25.3 Å². The maximum Gasteiger partial charge on any atom is 0.234 e. The molecule has 0 aliphatic carbocycles. The van der Waals surface area contributed by atoms with Crippen LogP contribution in [0.2, 0.25) is 0 Å². The molecule has 2 heterocycles. The summed E-state index contributed by atoms with van der Waals surface area (Å²) in [6, 6.07) is 15.1. The quantitative estimate of drug-likeness (QED) is 0.376. The molecule has 0 bridgehead atoms. The van der Waals surface area contributed by atoms with E-state index in [4.69, 9.17) is 9.47 Å². The maximum absolute atomic E-state index is 13.1. The van der Waals surface area contributed by atoms with Gasteiger partial charge in [-0.1, -0.05) is 17.8 Å². The highest BCUT2D eigenvalue weighted by Gasteiger charge is 2.17. The van der Waals surface area contributed by atoms with Gasteiger partial charge in [0.2, 0.25) is 11.1 Å². The van der Waals surface area contributed by atoms with Gasteiger partial charge in [-0.3, -0.25) is 9.47 Å². The van der Waals surface area contributed by atoms with Crippen LogP contribution in [0.5, 0.6) is 11.5 Å². The second kappa shape index (κ2) is 10.2. The summed E-state index contributed by atoms with van der Waals surface area (Å²) in [7, 11) is 3.19. The monoisotopic (exact) mass is 467 g/mol. The summed E-state index contributed by atoms with van der Waals surface area (Å²) in [6.07, 6.45) is 4.25. The number of hydrogen-bond acceptors (Lipinski definition) is 6. The first-order chi connectivity index (χ1) is 16.1. The van der Waals surface area contributed by atoms with Crippen molar-refractivity contribution < 1.29 is 18.7 Å². The smallest absolute Gasteiger partial charge is 0.234 e. The van der Waals surface area contributed by atoms with Crippen LogP contribution in [0, 0.1) is 5.82 Å². The molecule has 0 unspecified atom stereocenters. The van der Waals surface area contributed by atoms with Crippen molar-refractivity contribution in [2.24, 2.45) is 0 Å². The summed E-state index contributed by atoms with van der Waals surface area (Å²) in [5.74, 6) is 1.51. The van der Waals surface area contributed by atoms with Crippen LogP contribution in [0.25, 0.3) is 0 Å². The molecule has 0 aliphatic rings. The minimum atomic E-state index is -0.357. The average molecular weight is 468 g/mol. The Bertz CT molecular complexity index is 1230. The summed E-state index contributed by atoms with van der Waals surface area (Å²) in [6.45, 7) is 0. The topological polar surface area (TPSA) is 83.2 Å². The number of anilines is 1. The fourth-order valence-corrected chi connectivity index (χ4v) is 3.97. The molecule has 1 amide bonds. The molecule has 10 heteroatoms. The number of nitrogens with one attached hydrogen (secondary N) is 1. The van der Waals surface area contributed by atoms with Crippen LogP contribution < -0.4 is 14.8 Å². The Kier molecular flexibility index (Phi) is 6.94. The first-order valence-corrected chi connectivity index (χ1v) is 11.0. The minimum absolute atomic E-state index is 0.118. The van der Waals surface area contributed by atoms with E-state index in [2.05, 4.69) is 15.5 Å². The maximum atomic E-state index is 13.1. The Balaban J connectivity index is 1.52. The molecular formula is C23H22FN5O3S. The van der Waals surface area contributed by atoms with Crippen LogP contribution >= 0.6 is 11.8 Å². The second-order valence-corrected chi connectivity index (χ2v) is 7.93. The van der Waals surface area contributed by atoms with Gasteiger partial charge >= 0.3 is 0 Å². The van der Waals surface area contributed by atoms with Gasteiger partial charge in [-0.05, 0) is 54.1 Å². The van der Waals surface area contributed by atoms with E-state index >= 15 is 0 Å². The summed E-state index contributed by atoms with van der Waals surface area (Å²) < 4.78 is 27.5. The lowest BCUT2D eigenvalue weighted by Gasteiger charge is -2.12. The normalized spacial score (nSPS) is 10.8. The number of rotatable bonds is 9. The Hall–Kier alpha value is -3.79. The van der Waals surface area contributed by atoms with Gasteiger partial charge in [-0.2, -0.15) is 0 Å². The molecule has 0 radical (unpaired) electrons. The van der Waals surface area contributed by atoms with Gasteiger partial charge in [0.15, 0.2) is 17.3 Å². The number of methoxy groups -OCH3 is 2. The molecule has 8 nitrogen and oxygen atoms in total. The summed E-state index contributed by atoms with van der Waals surface area (Å²) in [4.78, 5) is 12.4. The number of halogens is 1. The van der Waals surface area contributed by atoms with Crippen molar-refractivity contribution >= 4 is 23.4 Å². The highest BCUT2D eigenvalue weighted by Crippen LogP contribution is 2.29. The summed E-state index contributed by atoms with van der Waals surface area (Å²) in [5, 5.41) is 12.0. The molecule has 0 saturated carbocycles. The van der Waals surface area contributed by atoms with Crippen molar-refractivity contribution in [2.45, 2.75) is 11.6 Å². The zero-order valence-electron chi connectivity index (χ0n) is 18.1. The van der Waals surface area contributed by atoms with E-state index in [1.54, 1.807) is 14.2 Å². The number of nitrogens with zero attached hydrogens (tertiary/aromatic N) is 4. The third kappa shape index (κ3) is 5.35. The molecule has 1 N–H and O–H groups in total. The zero-order valence-corrected chi connectivity index (χ0v) is 18.9. The number of benzene rings is 2. The Morgan fingerprint density at radius 2 is 1.76 bits per heavy atom. The van der Waals surface area contributed by atoms with Crippen LogP contribution in [0.4, 0.5) is 10.1 Å². The largest absolute Gasteiger partial charge is 0.493 e. The van der Waals surface area contributed by atoms with Gasteiger partial charge < -0.3 is 14.8 Å². The van der Waals surface area contributed by atoms with E-state index in [9.17, 15) is 9.18 Å². The predicted molar refractivity (Wildman–Crippen MR) is 123 cm³/mol. The second-order valence-electron chi connectivity index (χ2n) is 6.98. The number of aromatic nitrogens is 4. The third-order valence-electron chi connectivity index (χ3n) is 4.77. The Morgan fingerprint density at radius 3 is 2.45 bits per heavy atom. The molecule has 33 heavy (non-hydrogen) atoms. The zero-order chi connectivity index (χ0) is 23.2. The predicted octanol–water partition coefficient (Wildman–Crippen LogP) is 3.87. The van der Waals surface area contributed by atoms with E-state index in [0.717, 1.165) is 5.56 Å². The van der Waals surface area contributed by atoms with Gasteiger partial charge in [0.05, 0.1) is 20.0 Å². The van der Waals surface area contributed by atoms with Crippen molar-refractivity contribution in [3.8, 4) is 11.5 Å². The Labute approximate surface area is 194 Å². The molecule has 170 valence electrons. The van der Waals surface area contributed by atoms with E-state index in [1.807, 2.05) is 52.1 Å². The van der Waals surface area contributed by atoms with Crippen molar-refractivity contribution in [1.29, 1.82) is 0 Å². The van der Waals surface area contributed by atoms with Crippen molar-refractivity contribution in [1.82, 2.24) is 19.5 Å². The number of ether oxygens (including phenoxy) is 2. The van der Waals surface area contributed by atoms with E-state index in [-0.39, 0.29) is 17.5 Å². The fraction of sp³-hybridized carbons (Fsp3) is 0.174. The minimum Gasteiger partial charge on any atom is -0.493 e. The fourth-order valence-electron chi connectivity index (χ4n) is 3.22. The lowest BCUT2D eigenvalue weighted by atomic mass is 10.1. The molecule has 2 aromatic heterocycles. The average Bonchev–Trinajstić information content (AvgIpc) is 3.49. The molecule has 0 saturated heterocycles. The number of carbonyl (C=O) groups excluding carboxylic acids is 1. The molecule has 2 aromatic carbocycles.